The highest BCUT2D eigenvalue weighted by Crippen LogP contribution is 2.23. The largest absolute Gasteiger partial charge is 0.351 e. The van der Waals surface area contributed by atoms with Crippen LogP contribution in [0.2, 0.25) is 0 Å². The summed E-state index contributed by atoms with van der Waals surface area (Å²) in [6.45, 7) is 1.83. The van der Waals surface area contributed by atoms with Crippen LogP contribution in [0.4, 0.5) is 4.39 Å². The van der Waals surface area contributed by atoms with Crippen molar-refractivity contribution >= 4 is 42.7 Å². The highest BCUT2D eigenvalue weighted by Gasteiger charge is 2.22. The Labute approximate surface area is 132 Å². The van der Waals surface area contributed by atoms with Crippen molar-refractivity contribution in [3.05, 3.63) is 28.0 Å². The summed E-state index contributed by atoms with van der Waals surface area (Å²) in [5, 5.41) is 7.28. The highest BCUT2D eigenvalue weighted by atomic mass is 79.9. The molecule has 1 unspecified atom stereocenters. The molecule has 1 amide bonds. The molecule has 6 nitrogen and oxygen atoms in total. The van der Waals surface area contributed by atoms with Gasteiger partial charge in [-0.1, -0.05) is 22.9 Å². The van der Waals surface area contributed by atoms with Gasteiger partial charge in [-0.05, 0) is 12.1 Å². The number of rotatable bonds is 6. The van der Waals surface area contributed by atoms with Gasteiger partial charge in [0, 0.05) is 33.3 Å². The van der Waals surface area contributed by atoms with Crippen molar-refractivity contribution in [3.8, 4) is 0 Å². The molecule has 0 saturated heterocycles. The maximum Gasteiger partial charge on any atom is 0.254 e. The SMILES string of the molecule is CCS(=O)CCNC(=O)c1cc(Br)cc(S(N)(=O)=O)c1F. The minimum Gasteiger partial charge on any atom is -0.351 e. The topological polar surface area (TPSA) is 106 Å². The minimum atomic E-state index is -4.28. The van der Waals surface area contributed by atoms with Crippen molar-refractivity contribution < 1.29 is 21.8 Å². The lowest BCUT2D eigenvalue weighted by Crippen LogP contribution is -2.29. The van der Waals surface area contributed by atoms with E-state index in [2.05, 4.69) is 21.2 Å². The van der Waals surface area contributed by atoms with Crippen LogP contribution in [0.15, 0.2) is 21.5 Å². The van der Waals surface area contributed by atoms with E-state index in [1.807, 2.05) is 0 Å². The van der Waals surface area contributed by atoms with Crippen molar-refractivity contribution in [3.63, 3.8) is 0 Å². The van der Waals surface area contributed by atoms with Crippen LogP contribution in [-0.2, 0) is 20.8 Å². The second kappa shape index (κ2) is 7.43. The first kappa shape index (κ1) is 18.2. The molecule has 10 heteroatoms. The summed E-state index contributed by atoms with van der Waals surface area (Å²) in [5.74, 6) is -1.32. The van der Waals surface area contributed by atoms with Gasteiger partial charge in [-0.15, -0.1) is 0 Å². The van der Waals surface area contributed by atoms with Gasteiger partial charge in [0.05, 0.1) is 5.56 Å². The van der Waals surface area contributed by atoms with Crippen LogP contribution in [0.1, 0.15) is 17.3 Å². The molecule has 0 spiro atoms. The smallest absolute Gasteiger partial charge is 0.254 e. The van der Waals surface area contributed by atoms with E-state index in [1.165, 1.54) is 0 Å². The van der Waals surface area contributed by atoms with E-state index >= 15 is 0 Å². The van der Waals surface area contributed by atoms with E-state index in [0.29, 0.717) is 5.75 Å². The average molecular weight is 401 g/mol. The Bertz CT molecular complexity index is 679. The van der Waals surface area contributed by atoms with Crippen LogP contribution in [0.5, 0.6) is 0 Å². The number of hydrogen-bond donors (Lipinski definition) is 2. The number of benzene rings is 1. The molecule has 21 heavy (non-hydrogen) atoms. The van der Waals surface area contributed by atoms with E-state index in [4.69, 9.17) is 5.14 Å². The van der Waals surface area contributed by atoms with Gasteiger partial charge < -0.3 is 5.32 Å². The quantitative estimate of drug-likeness (QED) is 0.733. The Kier molecular flexibility index (Phi) is 6.44. The molecule has 1 aromatic carbocycles. The van der Waals surface area contributed by atoms with Gasteiger partial charge in [0.2, 0.25) is 10.0 Å². The van der Waals surface area contributed by atoms with Crippen LogP contribution >= 0.6 is 15.9 Å². The molecule has 3 N–H and O–H groups in total. The van der Waals surface area contributed by atoms with Crippen LogP contribution in [-0.4, -0.2) is 36.6 Å². The molecule has 0 saturated carbocycles. The average Bonchev–Trinajstić information content (AvgIpc) is 2.39. The van der Waals surface area contributed by atoms with E-state index in [0.717, 1.165) is 12.1 Å². The number of amides is 1. The van der Waals surface area contributed by atoms with E-state index in [9.17, 15) is 21.8 Å². The lowest BCUT2D eigenvalue weighted by molar-refractivity contribution is 0.0951. The second-order valence-electron chi connectivity index (χ2n) is 4.00. The number of sulfonamides is 1. The molecule has 0 aliphatic rings. The minimum absolute atomic E-state index is 0.0932. The Balaban J connectivity index is 3.00. The van der Waals surface area contributed by atoms with Gasteiger partial charge in [-0.2, -0.15) is 0 Å². The van der Waals surface area contributed by atoms with Crippen LogP contribution in [0.3, 0.4) is 0 Å². The lowest BCUT2D eigenvalue weighted by Gasteiger charge is -2.09. The molecule has 1 aromatic rings. The van der Waals surface area contributed by atoms with Gasteiger partial charge >= 0.3 is 0 Å². The molecule has 0 aliphatic carbocycles. The monoisotopic (exact) mass is 400 g/mol. The fourth-order valence-corrected chi connectivity index (χ4v) is 3.33. The molecule has 0 aliphatic heterocycles. The zero-order valence-corrected chi connectivity index (χ0v) is 14.3. The summed E-state index contributed by atoms with van der Waals surface area (Å²) in [6.07, 6.45) is 0. The van der Waals surface area contributed by atoms with Crippen molar-refractivity contribution in [1.29, 1.82) is 0 Å². The number of primary sulfonamides is 1. The Hall–Kier alpha value is -0.840. The molecule has 0 aromatic heterocycles. The molecule has 0 bridgehead atoms. The number of halogens is 2. The Morgan fingerprint density at radius 2 is 2.10 bits per heavy atom. The fourth-order valence-electron chi connectivity index (χ4n) is 1.45. The molecular weight excluding hydrogens is 387 g/mol. The standard InChI is InChI=1S/C11H14BrFN2O4S2/c1-2-20(17)4-3-15-11(16)8-5-7(12)6-9(10(8)13)21(14,18)19/h5-6H,2-4H2,1H3,(H,15,16)(H2,14,18,19). The fraction of sp³-hybridized carbons (Fsp3) is 0.364. The maximum absolute atomic E-state index is 14.1. The molecule has 0 heterocycles. The van der Waals surface area contributed by atoms with E-state index < -0.39 is 43.0 Å². The summed E-state index contributed by atoms with van der Waals surface area (Å²) in [5.41, 5.74) is -0.448. The van der Waals surface area contributed by atoms with Gasteiger partial charge in [0.25, 0.3) is 5.91 Å². The Morgan fingerprint density at radius 1 is 1.48 bits per heavy atom. The number of nitrogens with two attached hydrogens (primary N) is 1. The van der Waals surface area contributed by atoms with E-state index in [1.54, 1.807) is 6.92 Å². The summed E-state index contributed by atoms with van der Waals surface area (Å²) >= 11 is 3.00. The molecule has 0 radical (unpaired) electrons. The third kappa shape index (κ3) is 5.13. The molecular formula is C11H14BrFN2O4S2. The lowest BCUT2D eigenvalue weighted by atomic mass is 10.2. The van der Waals surface area contributed by atoms with Crippen LogP contribution in [0.25, 0.3) is 0 Å². The number of nitrogens with one attached hydrogen (secondary N) is 1. The number of hydrogen-bond acceptors (Lipinski definition) is 4. The molecule has 1 atom stereocenters. The normalized spacial score (nSPS) is 13.0. The maximum atomic E-state index is 14.1. The van der Waals surface area contributed by atoms with E-state index in [-0.39, 0.29) is 16.8 Å². The van der Waals surface area contributed by atoms with Crippen LogP contribution < -0.4 is 10.5 Å². The summed E-state index contributed by atoms with van der Waals surface area (Å²) in [7, 11) is -5.35. The highest BCUT2D eigenvalue weighted by molar-refractivity contribution is 9.10. The number of carbonyl (C=O) groups excluding carboxylic acids is 1. The first-order valence-electron chi connectivity index (χ1n) is 5.81. The van der Waals surface area contributed by atoms with Crippen molar-refractivity contribution in [2.75, 3.05) is 18.1 Å². The van der Waals surface area contributed by atoms with Crippen molar-refractivity contribution in [2.45, 2.75) is 11.8 Å². The van der Waals surface area contributed by atoms with Crippen LogP contribution in [0, 0.1) is 5.82 Å². The van der Waals surface area contributed by atoms with Crippen molar-refractivity contribution in [2.24, 2.45) is 5.14 Å². The number of carbonyl (C=O) groups is 1. The zero-order valence-electron chi connectivity index (χ0n) is 11.1. The second-order valence-corrected chi connectivity index (χ2v) is 8.31. The predicted molar refractivity (Wildman–Crippen MR) is 81.4 cm³/mol. The van der Waals surface area contributed by atoms with Crippen molar-refractivity contribution in [1.82, 2.24) is 5.32 Å². The van der Waals surface area contributed by atoms with Gasteiger partial charge in [0.1, 0.15) is 4.90 Å². The summed E-state index contributed by atoms with van der Waals surface area (Å²) in [4.78, 5) is 11.1. The molecule has 1 rings (SSSR count). The van der Waals surface area contributed by atoms with Gasteiger partial charge in [0.15, 0.2) is 5.82 Å². The summed E-state index contributed by atoms with van der Waals surface area (Å²) in [6, 6.07) is 2.13. The first-order chi connectivity index (χ1) is 9.66. The molecule has 118 valence electrons. The third-order valence-electron chi connectivity index (χ3n) is 2.49. The van der Waals surface area contributed by atoms with Gasteiger partial charge in [-0.25, -0.2) is 17.9 Å². The van der Waals surface area contributed by atoms with Gasteiger partial charge in [-0.3, -0.25) is 9.00 Å². The zero-order chi connectivity index (χ0) is 16.2. The third-order valence-corrected chi connectivity index (χ3v) is 5.16. The summed E-state index contributed by atoms with van der Waals surface area (Å²) < 4.78 is 48.0. The Morgan fingerprint density at radius 3 is 2.62 bits per heavy atom. The molecule has 0 fully saturated rings. The predicted octanol–water partition coefficient (Wildman–Crippen LogP) is 0.734. The first-order valence-corrected chi connectivity index (χ1v) is 9.64.